The van der Waals surface area contributed by atoms with Crippen LogP contribution in [0.2, 0.25) is 0 Å². The second-order valence-corrected chi connectivity index (χ2v) is 9.77. The zero-order valence-electron chi connectivity index (χ0n) is 17.5. The second kappa shape index (κ2) is 10.0. The average Bonchev–Trinajstić information content (AvgIpc) is 2.76. The summed E-state index contributed by atoms with van der Waals surface area (Å²) in [5, 5.41) is 3.52. The fourth-order valence-electron chi connectivity index (χ4n) is 2.68. The van der Waals surface area contributed by atoms with E-state index in [1.807, 2.05) is 32.0 Å². The van der Waals surface area contributed by atoms with Crippen molar-refractivity contribution in [2.45, 2.75) is 48.2 Å². The van der Waals surface area contributed by atoms with Crippen molar-refractivity contribution in [1.82, 2.24) is 14.7 Å². The van der Waals surface area contributed by atoms with Crippen molar-refractivity contribution in [2.75, 3.05) is 5.32 Å². The number of rotatable bonds is 8. The summed E-state index contributed by atoms with van der Waals surface area (Å²) in [6, 6.07) is 13.2. The summed E-state index contributed by atoms with van der Waals surface area (Å²) in [5.74, 6) is -0.311. The molecule has 0 aliphatic heterocycles. The van der Waals surface area contributed by atoms with Crippen LogP contribution in [0.5, 0.6) is 0 Å². The van der Waals surface area contributed by atoms with Gasteiger partial charge in [0.25, 0.3) is 5.91 Å². The van der Waals surface area contributed by atoms with E-state index in [9.17, 15) is 13.2 Å². The van der Waals surface area contributed by atoms with Gasteiger partial charge in [0.1, 0.15) is 0 Å². The first-order chi connectivity index (χ1) is 14.8. The van der Waals surface area contributed by atoms with E-state index < -0.39 is 10.0 Å². The lowest BCUT2D eigenvalue weighted by Crippen LogP contribution is -2.32. The highest BCUT2D eigenvalue weighted by Crippen LogP contribution is 2.28. The molecule has 2 N–H and O–H groups in total. The molecule has 1 unspecified atom stereocenters. The maximum absolute atomic E-state index is 12.6. The highest BCUT2D eigenvalue weighted by molar-refractivity contribution is 7.99. The Bertz CT molecular complexity index is 1150. The summed E-state index contributed by atoms with van der Waals surface area (Å²) in [7, 11) is -3.60. The van der Waals surface area contributed by atoms with Crippen LogP contribution in [0.25, 0.3) is 0 Å². The first kappa shape index (κ1) is 22.9. The van der Waals surface area contributed by atoms with E-state index in [1.54, 1.807) is 25.4 Å². The smallest absolute Gasteiger partial charge is 0.255 e. The van der Waals surface area contributed by atoms with Crippen molar-refractivity contribution >= 4 is 33.4 Å². The summed E-state index contributed by atoms with van der Waals surface area (Å²) >= 11 is 1.44. The summed E-state index contributed by atoms with van der Waals surface area (Å²) < 4.78 is 27.3. The summed E-state index contributed by atoms with van der Waals surface area (Å²) in [6.07, 6.45) is 4.07. The standard InChI is InChI=1S/C22H24N4O3S2/c1-4-16(3)26-31(28,29)19-9-6-17(7-10-19)21(27)25-20-11-8-18(14-15(20)2)30-22-23-12-5-13-24-22/h5-14,16,26H,4H2,1-3H3,(H,25,27). The quantitative estimate of drug-likeness (QED) is 0.491. The minimum Gasteiger partial charge on any atom is -0.322 e. The Balaban J connectivity index is 1.68. The van der Waals surface area contributed by atoms with Crippen LogP contribution in [0.15, 0.2) is 75.9 Å². The van der Waals surface area contributed by atoms with Crippen LogP contribution in [-0.2, 0) is 10.0 Å². The molecule has 3 aromatic rings. The number of carbonyl (C=O) groups excluding carboxylic acids is 1. The lowest BCUT2D eigenvalue weighted by molar-refractivity contribution is 0.102. The third-order valence-corrected chi connectivity index (χ3v) is 7.08. The van der Waals surface area contributed by atoms with Gasteiger partial charge in [0.2, 0.25) is 10.0 Å². The van der Waals surface area contributed by atoms with Gasteiger partial charge in [-0.2, -0.15) is 0 Å². The predicted molar refractivity (Wildman–Crippen MR) is 122 cm³/mol. The normalized spacial score (nSPS) is 12.4. The summed E-state index contributed by atoms with van der Waals surface area (Å²) in [6.45, 7) is 5.61. The highest BCUT2D eigenvalue weighted by Gasteiger charge is 2.17. The maximum Gasteiger partial charge on any atom is 0.255 e. The fraction of sp³-hybridized carbons (Fsp3) is 0.227. The summed E-state index contributed by atoms with van der Waals surface area (Å²) in [4.78, 5) is 22.1. The molecule has 2 aromatic carbocycles. The number of hydrogen-bond acceptors (Lipinski definition) is 6. The Morgan fingerprint density at radius 2 is 1.77 bits per heavy atom. The van der Waals surface area contributed by atoms with Gasteiger partial charge in [-0.15, -0.1) is 0 Å². The molecule has 0 bridgehead atoms. The molecular weight excluding hydrogens is 432 g/mol. The summed E-state index contributed by atoms with van der Waals surface area (Å²) in [5.41, 5.74) is 1.95. The van der Waals surface area contributed by atoms with Gasteiger partial charge < -0.3 is 5.32 Å². The zero-order chi connectivity index (χ0) is 22.4. The molecule has 0 aliphatic carbocycles. The third-order valence-electron chi connectivity index (χ3n) is 4.59. The Hall–Kier alpha value is -2.75. The second-order valence-electron chi connectivity index (χ2n) is 7.02. The van der Waals surface area contributed by atoms with Gasteiger partial charge in [-0.1, -0.05) is 6.92 Å². The molecule has 7 nitrogen and oxygen atoms in total. The number of hydrogen-bond donors (Lipinski definition) is 2. The molecule has 1 heterocycles. The lowest BCUT2D eigenvalue weighted by Gasteiger charge is -2.13. The van der Waals surface area contributed by atoms with E-state index >= 15 is 0 Å². The van der Waals surface area contributed by atoms with Gasteiger partial charge in [0, 0.05) is 34.6 Å². The van der Waals surface area contributed by atoms with Crippen LogP contribution < -0.4 is 10.0 Å². The van der Waals surface area contributed by atoms with Crippen molar-refractivity contribution in [3.05, 3.63) is 72.1 Å². The van der Waals surface area contributed by atoms with Gasteiger partial charge in [0.15, 0.2) is 5.16 Å². The van der Waals surface area contributed by atoms with Crippen LogP contribution in [0.3, 0.4) is 0 Å². The van der Waals surface area contributed by atoms with E-state index in [-0.39, 0.29) is 16.8 Å². The molecule has 0 fully saturated rings. The minimum atomic E-state index is -3.60. The molecule has 162 valence electrons. The Morgan fingerprint density at radius 3 is 2.39 bits per heavy atom. The van der Waals surface area contributed by atoms with E-state index in [0.29, 0.717) is 22.8 Å². The van der Waals surface area contributed by atoms with E-state index in [4.69, 9.17) is 0 Å². The molecule has 1 aromatic heterocycles. The first-order valence-electron chi connectivity index (χ1n) is 9.78. The molecule has 0 saturated heterocycles. The molecule has 31 heavy (non-hydrogen) atoms. The van der Waals surface area contributed by atoms with Crippen LogP contribution in [-0.4, -0.2) is 30.3 Å². The Labute approximate surface area is 186 Å². The number of anilines is 1. The predicted octanol–water partition coefficient (Wildman–Crippen LogP) is 4.27. The number of carbonyl (C=O) groups is 1. The molecule has 3 rings (SSSR count). The molecule has 0 spiro atoms. The SMILES string of the molecule is CCC(C)NS(=O)(=O)c1ccc(C(=O)Nc2ccc(Sc3ncccn3)cc2C)cc1. The Kier molecular flexibility index (Phi) is 7.42. The van der Waals surface area contributed by atoms with Crippen LogP contribution in [0.1, 0.15) is 36.2 Å². The monoisotopic (exact) mass is 456 g/mol. The Morgan fingerprint density at radius 1 is 1.10 bits per heavy atom. The third kappa shape index (κ3) is 6.13. The zero-order valence-corrected chi connectivity index (χ0v) is 19.1. The number of nitrogens with zero attached hydrogens (tertiary/aromatic N) is 2. The molecule has 9 heteroatoms. The number of aromatic nitrogens is 2. The number of nitrogens with one attached hydrogen (secondary N) is 2. The topological polar surface area (TPSA) is 101 Å². The number of benzene rings is 2. The van der Waals surface area contributed by atoms with Crippen molar-refractivity contribution in [2.24, 2.45) is 0 Å². The lowest BCUT2D eigenvalue weighted by atomic mass is 10.1. The maximum atomic E-state index is 12.6. The molecule has 1 amide bonds. The number of sulfonamides is 1. The van der Waals surface area contributed by atoms with Crippen molar-refractivity contribution < 1.29 is 13.2 Å². The fourth-order valence-corrected chi connectivity index (χ4v) is 4.82. The van der Waals surface area contributed by atoms with Crippen molar-refractivity contribution in [1.29, 1.82) is 0 Å². The van der Waals surface area contributed by atoms with E-state index in [2.05, 4.69) is 20.0 Å². The largest absolute Gasteiger partial charge is 0.322 e. The minimum absolute atomic E-state index is 0.130. The average molecular weight is 457 g/mol. The van der Waals surface area contributed by atoms with Crippen molar-refractivity contribution in [3.63, 3.8) is 0 Å². The first-order valence-corrected chi connectivity index (χ1v) is 12.1. The number of aryl methyl sites for hydroxylation is 1. The molecule has 0 radical (unpaired) electrons. The van der Waals surface area contributed by atoms with Gasteiger partial charge >= 0.3 is 0 Å². The molecular formula is C22H24N4O3S2. The van der Waals surface area contributed by atoms with Crippen LogP contribution in [0, 0.1) is 6.92 Å². The highest BCUT2D eigenvalue weighted by atomic mass is 32.2. The molecule has 0 saturated carbocycles. The van der Waals surface area contributed by atoms with Gasteiger partial charge in [-0.3, -0.25) is 4.79 Å². The number of amides is 1. The van der Waals surface area contributed by atoms with E-state index in [1.165, 1.54) is 36.0 Å². The van der Waals surface area contributed by atoms with Gasteiger partial charge in [-0.25, -0.2) is 23.1 Å². The van der Waals surface area contributed by atoms with Crippen LogP contribution in [0.4, 0.5) is 5.69 Å². The van der Waals surface area contributed by atoms with Crippen molar-refractivity contribution in [3.8, 4) is 0 Å². The van der Waals surface area contributed by atoms with E-state index in [0.717, 1.165) is 10.5 Å². The van der Waals surface area contributed by atoms with Crippen LogP contribution >= 0.6 is 11.8 Å². The molecule has 0 aliphatic rings. The van der Waals surface area contributed by atoms with Gasteiger partial charge in [-0.05, 0) is 86.1 Å². The van der Waals surface area contributed by atoms with Gasteiger partial charge in [0.05, 0.1) is 4.90 Å². The molecule has 1 atom stereocenters.